The molecule has 136 valence electrons. The molecule has 3 amide bonds. The van der Waals surface area contributed by atoms with E-state index < -0.39 is 0 Å². The summed E-state index contributed by atoms with van der Waals surface area (Å²) in [5.74, 6) is -0.543. The van der Waals surface area contributed by atoms with Gasteiger partial charge in [-0.05, 0) is 37.1 Å². The molecule has 0 aliphatic carbocycles. The van der Waals surface area contributed by atoms with Crippen LogP contribution in [0.25, 0.3) is 0 Å². The van der Waals surface area contributed by atoms with E-state index in [0.29, 0.717) is 24.2 Å². The molecule has 1 aliphatic rings. The van der Waals surface area contributed by atoms with Crippen molar-refractivity contribution in [2.24, 2.45) is 0 Å². The van der Waals surface area contributed by atoms with Crippen LogP contribution in [0.2, 0.25) is 0 Å². The molecule has 2 aromatic rings. The summed E-state index contributed by atoms with van der Waals surface area (Å²) in [6.07, 6.45) is 2.08. The molecule has 0 saturated carbocycles. The maximum absolute atomic E-state index is 14.2. The predicted octanol–water partition coefficient (Wildman–Crippen LogP) is 3.07. The van der Waals surface area contributed by atoms with Crippen molar-refractivity contribution in [1.29, 1.82) is 0 Å². The van der Waals surface area contributed by atoms with Crippen LogP contribution in [0.3, 0.4) is 0 Å². The van der Waals surface area contributed by atoms with Crippen LogP contribution in [0.15, 0.2) is 36.5 Å². The maximum Gasteiger partial charge on any atom is 0.322 e. The molecule has 3 rings (SSSR count). The Bertz CT molecular complexity index is 853. The highest BCUT2D eigenvalue weighted by Gasteiger charge is 2.30. The standard InChI is InChI=1S/C19H21FN4O2/c1-12-17-13(5-4-6-15(17)20)8-10-24(12)19(26)22-14-7-9-21-16(11-14)18(25)23(2)3/h4-7,9,11-12H,8,10H2,1-3H3,(H,21,22,26). The van der Waals surface area contributed by atoms with Crippen LogP contribution < -0.4 is 5.32 Å². The molecule has 6 nitrogen and oxygen atoms in total. The van der Waals surface area contributed by atoms with Gasteiger partial charge in [-0.2, -0.15) is 0 Å². The summed E-state index contributed by atoms with van der Waals surface area (Å²) >= 11 is 0. The molecule has 1 aromatic carbocycles. The zero-order chi connectivity index (χ0) is 18.8. The number of halogens is 1. The normalized spacial score (nSPS) is 16.0. The van der Waals surface area contributed by atoms with Crippen LogP contribution in [-0.2, 0) is 6.42 Å². The quantitative estimate of drug-likeness (QED) is 0.899. The summed E-state index contributed by atoms with van der Waals surface area (Å²) in [5, 5.41) is 2.78. The third-order valence-corrected chi connectivity index (χ3v) is 4.55. The molecule has 0 spiro atoms. The number of fused-ring (bicyclic) bond motifs is 1. The number of amides is 3. The number of rotatable bonds is 2. The predicted molar refractivity (Wildman–Crippen MR) is 96.5 cm³/mol. The van der Waals surface area contributed by atoms with Crippen LogP contribution in [0.1, 0.15) is 34.6 Å². The highest BCUT2D eigenvalue weighted by Crippen LogP contribution is 2.31. The number of hydrogen-bond donors (Lipinski definition) is 1. The summed E-state index contributed by atoms with van der Waals surface area (Å²) < 4.78 is 14.2. The van der Waals surface area contributed by atoms with Crippen molar-refractivity contribution in [3.05, 3.63) is 59.2 Å². The topological polar surface area (TPSA) is 65.5 Å². The molecule has 0 saturated heterocycles. The summed E-state index contributed by atoms with van der Waals surface area (Å²) in [6, 6.07) is 7.45. The van der Waals surface area contributed by atoms with E-state index in [1.807, 2.05) is 13.0 Å². The number of carbonyl (C=O) groups excluding carboxylic acids is 2. The highest BCUT2D eigenvalue weighted by atomic mass is 19.1. The number of benzene rings is 1. The number of carbonyl (C=O) groups is 2. The van der Waals surface area contributed by atoms with E-state index in [2.05, 4.69) is 10.3 Å². The average Bonchev–Trinajstić information content (AvgIpc) is 2.61. The van der Waals surface area contributed by atoms with E-state index >= 15 is 0 Å². The minimum absolute atomic E-state index is 0.246. The Hall–Kier alpha value is -2.96. The maximum atomic E-state index is 14.2. The molecule has 0 radical (unpaired) electrons. The van der Waals surface area contributed by atoms with E-state index in [1.165, 1.54) is 23.2 Å². The van der Waals surface area contributed by atoms with Crippen molar-refractivity contribution in [2.45, 2.75) is 19.4 Å². The van der Waals surface area contributed by atoms with Crippen molar-refractivity contribution in [3.8, 4) is 0 Å². The van der Waals surface area contributed by atoms with E-state index in [9.17, 15) is 14.0 Å². The Balaban J connectivity index is 1.78. The van der Waals surface area contributed by atoms with E-state index in [1.54, 1.807) is 31.1 Å². The Morgan fingerprint density at radius 1 is 1.31 bits per heavy atom. The molecule has 1 aliphatic heterocycles. The first-order valence-electron chi connectivity index (χ1n) is 8.41. The van der Waals surface area contributed by atoms with Crippen molar-refractivity contribution >= 4 is 17.6 Å². The van der Waals surface area contributed by atoms with Crippen LogP contribution >= 0.6 is 0 Å². The molecule has 0 bridgehead atoms. The van der Waals surface area contributed by atoms with E-state index in [4.69, 9.17) is 0 Å². The molecule has 1 aromatic heterocycles. The van der Waals surface area contributed by atoms with Crippen LogP contribution in [-0.4, -0.2) is 47.4 Å². The Kier molecular flexibility index (Phi) is 4.88. The van der Waals surface area contributed by atoms with Gasteiger partial charge >= 0.3 is 6.03 Å². The van der Waals surface area contributed by atoms with Gasteiger partial charge < -0.3 is 15.1 Å². The number of aromatic nitrogens is 1. The van der Waals surface area contributed by atoms with Gasteiger partial charge in [0.25, 0.3) is 5.91 Å². The second-order valence-electron chi connectivity index (χ2n) is 6.49. The van der Waals surface area contributed by atoms with Gasteiger partial charge in [-0.15, -0.1) is 0 Å². The first-order valence-corrected chi connectivity index (χ1v) is 8.41. The largest absolute Gasteiger partial charge is 0.343 e. The molecule has 7 heteroatoms. The van der Waals surface area contributed by atoms with Gasteiger partial charge in [0.15, 0.2) is 0 Å². The smallest absolute Gasteiger partial charge is 0.322 e. The molecular weight excluding hydrogens is 335 g/mol. The van der Waals surface area contributed by atoms with Crippen LogP contribution in [0.5, 0.6) is 0 Å². The SMILES string of the molecule is CC1c2c(F)cccc2CCN1C(=O)Nc1ccnc(C(=O)N(C)C)c1. The van der Waals surface area contributed by atoms with Gasteiger partial charge in [-0.1, -0.05) is 12.1 Å². The number of pyridine rings is 1. The molecule has 26 heavy (non-hydrogen) atoms. The molecular formula is C19H21FN4O2. The third kappa shape index (κ3) is 3.37. The fourth-order valence-electron chi connectivity index (χ4n) is 3.18. The summed E-state index contributed by atoms with van der Waals surface area (Å²) in [7, 11) is 3.27. The van der Waals surface area contributed by atoms with Gasteiger partial charge in [0.1, 0.15) is 11.5 Å². The number of hydrogen-bond acceptors (Lipinski definition) is 3. The Morgan fingerprint density at radius 3 is 2.81 bits per heavy atom. The van der Waals surface area contributed by atoms with Gasteiger partial charge in [0.2, 0.25) is 0 Å². The highest BCUT2D eigenvalue weighted by molar-refractivity contribution is 5.95. The van der Waals surface area contributed by atoms with Crippen LogP contribution in [0, 0.1) is 5.82 Å². The van der Waals surface area contributed by atoms with Gasteiger partial charge in [-0.3, -0.25) is 9.78 Å². The zero-order valence-electron chi connectivity index (χ0n) is 15.0. The van der Waals surface area contributed by atoms with E-state index in [0.717, 1.165) is 5.56 Å². The number of nitrogens with one attached hydrogen (secondary N) is 1. The second-order valence-corrected chi connectivity index (χ2v) is 6.49. The fraction of sp³-hybridized carbons (Fsp3) is 0.316. The monoisotopic (exact) mass is 356 g/mol. The fourth-order valence-corrected chi connectivity index (χ4v) is 3.18. The Morgan fingerprint density at radius 2 is 2.08 bits per heavy atom. The molecule has 1 atom stereocenters. The third-order valence-electron chi connectivity index (χ3n) is 4.55. The Labute approximate surface area is 151 Å². The number of anilines is 1. The molecule has 1 N–H and O–H groups in total. The first-order chi connectivity index (χ1) is 12.4. The lowest BCUT2D eigenvalue weighted by Gasteiger charge is -2.35. The van der Waals surface area contributed by atoms with E-state index in [-0.39, 0.29) is 29.5 Å². The number of urea groups is 1. The second kappa shape index (κ2) is 7.11. The van der Waals surface area contributed by atoms with Gasteiger partial charge in [0.05, 0.1) is 6.04 Å². The lowest BCUT2D eigenvalue weighted by Crippen LogP contribution is -2.41. The minimum atomic E-state index is -0.371. The average molecular weight is 356 g/mol. The van der Waals surface area contributed by atoms with Crippen molar-refractivity contribution < 1.29 is 14.0 Å². The van der Waals surface area contributed by atoms with Crippen molar-refractivity contribution in [3.63, 3.8) is 0 Å². The van der Waals surface area contributed by atoms with Gasteiger partial charge in [0, 0.05) is 38.1 Å². The zero-order valence-corrected chi connectivity index (χ0v) is 15.0. The number of nitrogens with zero attached hydrogens (tertiary/aromatic N) is 3. The molecule has 1 unspecified atom stereocenters. The van der Waals surface area contributed by atoms with Crippen molar-refractivity contribution in [2.75, 3.05) is 26.0 Å². The first kappa shape index (κ1) is 17.8. The summed E-state index contributed by atoms with van der Waals surface area (Å²) in [5.41, 5.74) is 2.22. The lowest BCUT2D eigenvalue weighted by molar-refractivity contribution is 0.0822. The summed E-state index contributed by atoms with van der Waals surface area (Å²) in [6.45, 7) is 2.31. The van der Waals surface area contributed by atoms with Crippen LogP contribution in [0.4, 0.5) is 14.9 Å². The minimum Gasteiger partial charge on any atom is -0.343 e. The van der Waals surface area contributed by atoms with Gasteiger partial charge in [-0.25, -0.2) is 9.18 Å². The molecule has 0 fully saturated rings. The lowest BCUT2D eigenvalue weighted by atomic mass is 9.93. The van der Waals surface area contributed by atoms with Crippen molar-refractivity contribution in [1.82, 2.24) is 14.8 Å². The summed E-state index contributed by atoms with van der Waals surface area (Å²) in [4.78, 5) is 31.7. The molecule has 2 heterocycles.